The van der Waals surface area contributed by atoms with Crippen LogP contribution in [-0.4, -0.2) is 69.3 Å². The average molecular weight is 367 g/mol. The number of amides is 1. The first-order chi connectivity index (χ1) is 12.3. The normalized spacial score (nSPS) is 33.9. The summed E-state index contributed by atoms with van der Waals surface area (Å²) in [6.07, 6.45) is -5.22. The third-order valence-electron chi connectivity index (χ3n) is 4.82. The monoisotopic (exact) mass is 367 g/mol. The summed E-state index contributed by atoms with van der Waals surface area (Å²) < 4.78 is 16.5. The van der Waals surface area contributed by atoms with Gasteiger partial charge in [-0.25, -0.2) is 4.79 Å². The predicted octanol–water partition coefficient (Wildman–Crippen LogP) is 0.589. The fourth-order valence-corrected chi connectivity index (χ4v) is 3.38. The number of ether oxygens (including phenoxy) is 3. The highest BCUT2D eigenvalue weighted by atomic mass is 16.6. The minimum Gasteiger partial charge on any atom is -0.444 e. The van der Waals surface area contributed by atoms with Gasteiger partial charge < -0.3 is 29.5 Å². The van der Waals surface area contributed by atoms with Crippen LogP contribution in [0.4, 0.5) is 4.79 Å². The molecule has 2 heterocycles. The van der Waals surface area contributed by atoms with Crippen LogP contribution in [0.2, 0.25) is 0 Å². The van der Waals surface area contributed by atoms with E-state index in [1.807, 2.05) is 30.3 Å². The Labute approximate surface area is 151 Å². The average Bonchev–Trinajstić information content (AvgIpc) is 2.93. The van der Waals surface area contributed by atoms with Gasteiger partial charge in [0.15, 0.2) is 6.29 Å². The first-order valence-electron chi connectivity index (χ1n) is 8.63. The summed E-state index contributed by atoms with van der Waals surface area (Å²) in [7, 11) is 0. The van der Waals surface area contributed by atoms with Crippen LogP contribution in [0, 0.1) is 0 Å². The number of aliphatic hydroxyl groups excluding tert-OH is 3. The van der Waals surface area contributed by atoms with Crippen molar-refractivity contribution in [3.63, 3.8) is 0 Å². The van der Waals surface area contributed by atoms with Gasteiger partial charge in [-0.15, -0.1) is 0 Å². The van der Waals surface area contributed by atoms with Gasteiger partial charge in [0, 0.05) is 6.42 Å². The highest BCUT2D eigenvalue weighted by Gasteiger charge is 2.51. The zero-order chi connectivity index (χ0) is 18.9. The summed E-state index contributed by atoms with van der Waals surface area (Å²) in [5, 5.41) is 29.3. The number of hydrogen-bond acceptors (Lipinski definition) is 7. The van der Waals surface area contributed by atoms with Crippen LogP contribution in [0.25, 0.3) is 0 Å². The highest BCUT2D eigenvalue weighted by Crippen LogP contribution is 2.34. The minimum absolute atomic E-state index is 0.0742. The Morgan fingerprint density at radius 1 is 1.27 bits per heavy atom. The van der Waals surface area contributed by atoms with Crippen LogP contribution in [0.5, 0.6) is 0 Å². The third kappa shape index (κ3) is 3.84. The number of benzene rings is 1. The lowest BCUT2D eigenvalue weighted by Gasteiger charge is -2.40. The summed E-state index contributed by atoms with van der Waals surface area (Å²) in [5.74, 6) is 0. The standard InChI is InChI=1S/C18H25NO7/c1-18(2)19(17(23)24-9-11-6-4-3-5-7-11)12(10-25-18)14-8-13(20)15(21)16(22)26-14/h3-7,12-16,20-22H,8-10H2,1-2H3/t12-,13-,14+,15-,16?/m1/s1. The molecule has 3 N–H and O–H groups in total. The summed E-state index contributed by atoms with van der Waals surface area (Å²) in [6, 6.07) is 8.76. The molecule has 0 spiro atoms. The second-order valence-corrected chi connectivity index (χ2v) is 7.09. The molecule has 144 valence electrons. The molecule has 0 aliphatic carbocycles. The van der Waals surface area contributed by atoms with Crippen LogP contribution in [-0.2, 0) is 20.8 Å². The van der Waals surface area contributed by atoms with Crippen molar-refractivity contribution in [2.24, 2.45) is 0 Å². The fourth-order valence-electron chi connectivity index (χ4n) is 3.38. The molecule has 1 aromatic rings. The molecule has 1 aromatic carbocycles. The highest BCUT2D eigenvalue weighted by molar-refractivity contribution is 5.69. The van der Waals surface area contributed by atoms with Crippen molar-refractivity contribution in [2.45, 2.75) is 63.2 Å². The van der Waals surface area contributed by atoms with E-state index in [1.165, 1.54) is 4.90 Å². The van der Waals surface area contributed by atoms with Gasteiger partial charge in [0.05, 0.1) is 24.9 Å². The maximum atomic E-state index is 12.7. The Morgan fingerprint density at radius 2 is 1.96 bits per heavy atom. The lowest BCUT2D eigenvalue weighted by molar-refractivity contribution is -0.255. The zero-order valence-electron chi connectivity index (χ0n) is 14.8. The van der Waals surface area contributed by atoms with Gasteiger partial charge in [0.2, 0.25) is 0 Å². The molecule has 0 radical (unpaired) electrons. The molecule has 1 unspecified atom stereocenters. The summed E-state index contributed by atoms with van der Waals surface area (Å²) >= 11 is 0. The second-order valence-electron chi connectivity index (χ2n) is 7.09. The van der Waals surface area contributed by atoms with Crippen molar-refractivity contribution >= 4 is 6.09 Å². The van der Waals surface area contributed by atoms with Gasteiger partial charge in [-0.3, -0.25) is 4.90 Å². The maximum absolute atomic E-state index is 12.7. The van der Waals surface area contributed by atoms with E-state index in [0.717, 1.165) is 5.56 Å². The molecule has 2 aliphatic heterocycles. The first kappa shape index (κ1) is 19.1. The Bertz CT molecular complexity index is 611. The van der Waals surface area contributed by atoms with E-state index in [2.05, 4.69) is 0 Å². The van der Waals surface area contributed by atoms with Crippen molar-refractivity contribution in [3.8, 4) is 0 Å². The third-order valence-corrected chi connectivity index (χ3v) is 4.82. The Kier molecular flexibility index (Phi) is 5.50. The van der Waals surface area contributed by atoms with Gasteiger partial charge in [0.25, 0.3) is 0 Å². The van der Waals surface area contributed by atoms with Crippen molar-refractivity contribution in [1.29, 1.82) is 0 Å². The van der Waals surface area contributed by atoms with Gasteiger partial charge in [-0.2, -0.15) is 0 Å². The van der Waals surface area contributed by atoms with Gasteiger partial charge >= 0.3 is 6.09 Å². The van der Waals surface area contributed by atoms with Crippen LogP contribution in [0.15, 0.2) is 30.3 Å². The van der Waals surface area contributed by atoms with Crippen LogP contribution in [0.1, 0.15) is 25.8 Å². The molecule has 2 aliphatic rings. The second kappa shape index (κ2) is 7.50. The van der Waals surface area contributed by atoms with Crippen molar-refractivity contribution in [2.75, 3.05) is 6.61 Å². The molecular formula is C18H25NO7. The predicted molar refractivity (Wildman–Crippen MR) is 89.8 cm³/mol. The quantitative estimate of drug-likeness (QED) is 0.717. The number of aliphatic hydroxyl groups is 3. The molecule has 8 heteroatoms. The van der Waals surface area contributed by atoms with E-state index in [0.29, 0.717) is 0 Å². The molecule has 1 amide bonds. The van der Waals surface area contributed by atoms with Crippen molar-refractivity contribution in [1.82, 2.24) is 4.90 Å². The van der Waals surface area contributed by atoms with E-state index in [-0.39, 0.29) is 19.6 Å². The zero-order valence-corrected chi connectivity index (χ0v) is 14.8. The van der Waals surface area contributed by atoms with Crippen LogP contribution < -0.4 is 0 Å². The molecule has 0 saturated carbocycles. The molecular weight excluding hydrogens is 342 g/mol. The van der Waals surface area contributed by atoms with E-state index in [9.17, 15) is 20.1 Å². The topological polar surface area (TPSA) is 109 Å². The maximum Gasteiger partial charge on any atom is 0.412 e. The lowest BCUT2D eigenvalue weighted by Crippen LogP contribution is -2.58. The van der Waals surface area contributed by atoms with E-state index in [4.69, 9.17) is 14.2 Å². The number of carbonyl (C=O) groups excluding carboxylic acids is 1. The molecule has 26 heavy (non-hydrogen) atoms. The first-order valence-corrected chi connectivity index (χ1v) is 8.63. The number of carbonyl (C=O) groups is 1. The van der Waals surface area contributed by atoms with E-state index >= 15 is 0 Å². The SMILES string of the molecule is CC1(C)OC[C@H]([C@@H]2C[C@@H](O)[C@@H](O)C(O)O2)N1C(=O)OCc1ccccc1. The number of rotatable bonds is 3. The fraction of sp³-hybridized carbons (Fsp3) is 0.611. The minimum atomic E-state index is -1.52. The van der Waals surface area contributed by atoms with Gasteiger partial charge in [0.1, 0.15) is 18.4 Å². The van der Waals surface area contributed by atoms with E-state index < -0.39 is 42.5 Å². The summed E-state index contributed by atoms with van der Waals surface area (Å²) in [6.45, 7) is 3.77. The largest absolute Gasteiger partial charge is 0.444 e. The van der Waals surface area contributed by atoms with E-state index in [1.54, 1.807) is 13.8 Å². The lowest BCUT2D eigenvalue weighted by atomic mass is 9.97. The molecule has 5 atom stereocenters. The van der Waals surface area contributed by atoms with Crippen molar-refractivity contribution < 1.29 is 34.3 Å². The number of hydrogen-bond donors (Lipinski definition) is 3. The van der Waals surface area contributed by atoms with Gasteiger partial charge in [-0.1, -0.05) is 30.3 Å². The molecule has 0 bridgehead atoms. The molecule has 2 saturated heterocycles. The van der Waals surface area contributed by atoms with Crippen molar-refractivity contribution in [3.05, 3.63) is 35.9 Å². The Hall–Kier alpha value is -1.71. The van der Waals surface area contributed by atoms with Crippen LogP contribution in [0.3, 0.4) is 0 Å². The smallest absolute Gasteiger partial charge is 0.412 e. The molecule has 3 rings (SSSR count). The Morgan fingerprint density at radius 3 is 2.62 bits per heavy atom. The molecule has 2 fully saturated rings. The summed E-state index contributed by atoms with van der Waals surface area (Å²) in [4.78, 5) is 14.1. The summed E-state index contributed by atoms with van der Waals surface area (Å²) in [5.41, 5.74) is -0.0634. The van der Waals surface area contributed by atoms with Crippen LogP contribution >= 0.6 is 0 Å². The molecule has 0 aromatic heterocycles. The molecule has 8 nitrogen and oxygen atoms in total. The Balaban J connectivity index is 1.71. The number of nitrogens with zero attached hydrogens (tertiary/aromatic N) is 1. The van der Waals surface area contributed by atoms with Gasteiger partial charge in [-0.05, 0) is 19.4 Å².